The predicted molar refractivity (Wildman–Crippen MR) is 74.9 cm³/mol. The maximum absolute atomic E-state index is 13.6. The summed E-state index contributed by atoms with van der Waals surface area (Å²) in [4.78, 5) is 25.1. The number of carbonyl (C=O) groups excluding carboxylic acids is 2. The summed E-state index contributed by atoms with van der Waals surface area (Å²) >= 11 is 0. The zero-order valence-corrected chi connectivity index (χ0v) is 12.4. The standard InChI is InChI=1S/C15H18F2N2O3/c1-3-6-15(2)13(21)19(14(22)18-15)8-12(20)10-5-4-9(16)7-11(10)17/h4-5,7,12,20H,3,6,8H2,1-2H3,(H,18,22)/t12-,15+/m0/s1. The third kappa shape index (κ3) is 2.94. The molecule has 0 unspecified atom stereocenters. The SMILES string of the molecule is CCC[C@@]1(C)NC(=O)N(C[C@H](O)c2ccc(F)cc2F)C1=O. The van der Waals surface area contributed by atoms with Gasteiger partial charge < -0.3 is 10.4 Å². The number of nitrogens with zero attached hydrogens (tertiary/aromatic N) is 1. The van der Waals surface area contributed by atoms with Gasteiger partial charge in [-0.3, -0.25) is 9.69 Å². The van der Waals surface area contributed by atoms with E-state index in [2.05, 4.69) is 5.32 Å². The lowest BCUT2D eigenvalue weighted by molar-refractivity contribution is -0.132. The largest absolute Gasteiger partial charge is 0.386 e. The van der Waals surface area contributed by atoms with E-state index in [0.29, 0.717) is 18.9 Å². The summed E-state index contributed by atoms with van der Waals surface area (Å²) in [5, 5.41) is 12.6. The van der Waals surface area contributed by atoms with Crippen molar-refractivity contribution in [3.63, 3.8) is 0 Å². The molecule has 3 amide bonds. The fraction of sp³-hybridized carbons (Fsp3) is 0.467. The Morgan fingerprint density at radius 1 is 1.36 bits per heavy atom. The van der Waals surface area contributed by atoms with Crippen molar-refractivity contribution in [2.24, 2.45) is 0 Å². The maximum Gasteiger partial charge on any atom is 0.325 e. The second-order valence-electron chi connectivity index (χ2n) is 5.61. The Balaban J connectivity index is 2.16. The van der Waals surface area contributed by atoms with E-state index in [0.717, 1.165) is 17.0 Å². The average molecular weight is 312 g/mol. The average Bonchev–Trinajstić information content (AvgIpc) is 2.62. The number of carbonyl (C=O) groups is 2. The van der Waals surface area contributed by atoms with Crippen LogP contribution in [-0.2, 0) is 4.79 Å². The van der Waals surface area contributed by atoms with Crippen LogP contribution in [-0.4, -0.2) is 34.0 Å². The number of benzene rings is 1. The van der Waals surface area contributed by atoms with Crippen molar-refractivity contribution < 1.29 is 23.5 Å². The van der Waals surface area contributed by atoms with Crippen LogP contribution in [0.2, 0.25) is 0 Å². The van der Waals surface area contributed by atoms with Crippen molar-refractivity contribution in [2.75, 3.05) is 6.54 Å². The number of aliphatic hydroxyl groups excluding tert-OH is 1. The van der Waals surface area contributed by atoms with Crippen LogP contribution in [0.3, 0.4) is 0 Å². The van der Waals surface area contributed by atoms with Crippen molar-refractivity contribution in [3.8, 4) is 0 Å². The molecule has 0 spiro atoms. The number of amides is 3. The van der Waals surface area contributed by atoms with Gasteiger partial charge in [0.05, 0.1) is 12.6 Å². The Morgan fingerprint density at radius 3 is 2.64 bits per heavy atom. The molecule has 0 aromatic heterocycles. The molecule has 2 rings (SSSR count). The quantitative estimate of drug-likeness (QED) is 0.818. The fourth-order valence-corrected chi connectivity index (χ4v) is 2.63. The molecule has 7 heteroatoms. The Labute approximate surface area is 126 Å². The van der Waals surface area contributed by atoms with Gasteiger partial charge in [0, 0.05) is 11.6 Å². The number of hydrogen-bond acceptors (Lipinski definition) is 3. The Morgan fingerprint density at radius 2 is 2.05 bits per heavy atom. The molecule has 0 saturated carbocycles. The van der Waals surface area contributed by atoms with Gasteiger partial charge in [-0.05, 0) is 19.4 Å². The van der Waals surface area contributed by atoms with Crippen LogP contribution in [0.25, 0.3) is 0 Å². The number of urea groups is 1. The van der Waals surface area contributed by atoms with E-state index < -0.39 is 35.2 Å². The van der Waals surface area contributed by atoms with E-state index in [1.807, 2.05) is 6.92 Å². The minimum atomic E-state index is -1.42. The first-order valence-corrected chi connectivity index (χ1v) is 7.05. The normalized spacial score (nSPS) is 22.9. The van der Waals surface area contributed by atoms with E-state index >= 15 is 0 Å². The summed E-state index contributed by atoms with van der Waals surface area (Å²) in [6, 6.07) is 2.13. The van der Waals surface area contributed by atoms with E-state index in [1.165, 1.54) is 0 Å². The molecule has 1 saturated heterocycles. The van der Waals surface area contributed by atoms with Crippen LogP contribution < -0.4 is 5.32 Å². The first-order valence-electron chi connectivity index (χ1n) is 7.05. The summed E-state index contributed by atoms with van der Waals surface area (Å²) in [5.41, 5.74) is -1.17. The summed E-state index contributed by atoms with van der Waals surface area (Å²) in [7, 11) is 0. The highest BCUT2D eigenvalue weighted by Gasteiger charge is 2.47. The van der Waals surface area contributed by atoms with Crippen LogP contribution in [0.1, 0.15) is 38.4 Å². The lowest BCUT2D eigenvalue weighted by Gasteiger charge is -2.22. The molecule has 0 aliphatic carbocycles. The third-order valence-electron chi connectivity index (χ3n) is 3.77. The van der Waals surface area contributed by atoms with Gasteiger partial charge in [-0.15, -0.1) is 0 Å². The van der Waals surface area contributed by atoms with E-state index in [4.69, 9.17) is 0 Å². The number of β-amino-alcohol motifs (C(OH)–C–C–N with tert-alkyl or cyclic N) is 1. The van der Waals surface area contributed by atoms with Crippen molar-refractivity contribution in [3.05, 3.63) is 35.4 Å². The minimum absolute atomic E-state index is 0.161. The van der Waals surface area contributed by atoms with E-state index in [-0.39, 0.29) is 12.1 Å². The van der Waals surface area contributed by atoms with Gasteiger partial charge in [-0.25, -0.2) is 13.6 Å². The maximum atomic E-state index is 13.6. The monoisotopic (exact) mass is 312 g/mol. The summed E-state index contributed by atoms with van der Waals surface area (Å²) in [6.45, 7) is 3.12. The molecular formula is C15H18F2N2O3. The van der Waals surface area contributed by atoms with E-state index in [9.17, 15) is 23.5 Å². The minimum Gasteiger partial charge on any atom is -0.386 e. The van der Waals surface area contributed by atoms with Crippen LogP contribution >= 0.6 is 0 Å². The predicted octanol–water partition coefficient (Wildman–Crippen LogP) is 2.11. The number of halogens is 2. The molecule has 1 aliphatic rings. The van der Waals surface area contributed by atoms with E-state index in [1.54, 1.807) is 6.92 Å². The summed E-state index contributed by atoms with van der Waals surface area (Å²) < 4.78 is 26.5. The number of rotatable bonds is 5. The zero-order chi connectivity index (χ0) is 16.5. The van der Waals surface area contributed by atoms with Gasteiger partial charge in [0.15, 0.2) is 0 Å². The Kier molecular flexibility index (Phi) is 4.46. The second-order valence-corrected chi connectivity index (χ2v) is 5.61. The number of imide groups is 1. The van der Waals surface area contributed by atoms with Gasteiger partial charge in [0.25, 0.3) is 5.91 Å². The molecule has 5 nitrogen and oxygen atoms in total. The molecule has 120 valence electrons. The highest BCUT2D eigenvalue weighted by Crippen LogP contribution is 2.26. The Hall–Kier alpha value is -2.02. The number of nitrogens with one attached hydrogen (secondary N) is 1. The van der Waals surface area contributed by atoms with Crippen LogP contribution in [0.5, 0.6) is 0 Å². The molecule has 2 atom stereocenters. The highest BCUT2D eigenvalue weighted by atomic mass is 19.1. The smallest absolute Gasteiger partial charge is 0.325 e. The topological polar surface area (TPSA) is 69.6 Å². The second kappa shape index (κ2) is 6.00. The van der Waals surface area contributed by atoms with Gasteiger partial charge in [0.2, 0.25) is 0 Å². The Bertz CT molecular complexity index is 608. The fourth-order valence-electron chi connectivity index (χ4n) is 2.63. The molecule has 2 N–H and O–H groups in total. The van der Waals surface area contributed by atoms with Crippen LogP contribution in [0.4, 0.5) is 13.6 Å². The molecule has 22 heavy (non-hydrogen) atoms. The summed E-state index contributed by atoms with van der Waals surface area (Å²) in [6.07, 6.45) is -0.250. The van der Waals surface area contributed by atoms with Gasteiger partial charge in [-0.2, -0.15) is 0 Å². The lowest BCUT2D eigenvalue weighted by atomic mass is 9.96. The lowest BCUT2D eigenvalue weighted by Crippen LogP contribution is -2.44. The van der Waals surface area contributed by atoms with Crippen molar-refractivity contribution >= 4 is 11.9 Å². The number of hydrogen-bond donors (Lipinski definition) is 2. The zero-order valence-electron chi connectivity index (χ0n) is 12.4. The first kappa shape index (κ1) is 16.4. The molecule has 1 fully saturated rings. The molecule has 1 heterocycles. The van der Waals surface area contributed by atoms with Crippen LogP contribution in [0, 0.1) is 11.6 Å². The summed E-state index contributed by atoms with van der Waals surface area (Å²) in [5.74, 6) is -2.14. The highest BCUT2D eigenvalue weighted by molar-refractivity contribution is 6.06. The molecule has 1 aromatic rings. The van der Waals surface area contributed by atoms with Crippen molar-refractivity contribution in [1.29, 1.82) is 0 Å². The molecular weight excluding hydrogens is 294 g/mol. The molecule has 1 aliphatic heterocycles. The van der Waals surface area contributed by atoms with Gasteiger partial charge in [-0.1, -0.05) is 19.4 Å². The van der Waals surface area contributed by atoms with Gasteiger partial charge in [0.1, 0.15) is 17.2 Å². The molecule has 0 bridgehead atoms. The van der Waals surface area contributed by atoms with Gasteiger partial charge >= 0.3 is 6.03 Å². The van der Waals surface area contributed by atoms with Crippen molar-refractivity contribution in [1.82, 2.24) is 10.2 Å². The van der Waals surface area contributed by atoms with Crippen LogP contribution in [0.15, 0.2) is 18.2 Å². The third-order valence-corrected chi connectivity index (χ3v) is 3.77. The first-order chi connectivity index (χ1) is 10.3. The number of aliphatic hydroxyl groups is 1. The molecule has 1 aromatic carbocycles. The van der Waals surface area contributed by atoms with Crippen molar-refractivity contribution in [2.45, 2.75) is 38.3 Å². The molecule has 0 radical (unpaired) electrons.